The second-order valence-electron chi connectivity index (χ2n) is 3.56. The summed E-state index contributed by atoms with van der Waals surface area (Å²) in [5.74, 6) is 0.581. The molecule has 2 rings (SSSR count). The van der Waals surface area contributed by atoms with E-state index in [0.717, 1.165) is 6.42 Å². The molecule has 2 aliphatic carbocycles. The van der Waals surface area contributed by atoms with E-state index in [1.807, 2.05) is 6.08 Å². The second kappa shape index (κ2) is 2.09. The van der Waals surface area contributed by atoms with Gasteiger partial charge < -0.3 is 5.11 Å². The lowest BCUT2D eigenvalue weighted by Gasteiger charge is -2.29. The van der Waals surface area contributed by atoms with Crippen LogP contribution in [0.5, 0.6) is 0 Å². The van der Waals surface area contributed by atoms with E-state index < -0.39 is 5.60 Å². The van der Waals surface area contributed by atoms with Crippen LogP contribution in [-0.4, -0.2) is 10.7 Å². The monoisotopic (exact) mass is 138 g/mol. The average molecular weight is 138 g/mol. The first-order valence-corrected chi connectivity index (χ1v) is 4.21. The fraction of sp³-hybridized carbons (Fsp3) is 0.778. The van der Waals surface area contributed by atoms with Crippen LogP contribution in [-0.2, 0) is 0 Å². The third kappa shape index (κ3) is 0.807. The molecule has 56 valence electrons. The Bertz CT molecular complexity index is 162. The Morgan fingerprint density at radius 3 is 3.10 bits per heavy atom. The number of hydrogen-bond donors (Lipinski definition) is 1. The zero-order chi connectivity index (χ0) is 7.03. The fourth-order valence-corrected chi connectivity index (χ4v) is 2.28. The van der Waals surface area contributed by atoms with Crippen LogP contribution in [0.15, 0.2) is 12.2 Å². The van der Waals surface area contributed by atoms with E-state index in [2.05, 4.69) is 6.08 Å². The number of allylic oxidation sites excluding steroid dienone is 1. The van der Waals surface area contributed by atoms with E-state index in [9.17, 15) is 5.11 Å². The third-order valence-electron chi connectivity index (χ3n) is 2.93. The van der Waals surface area contributed by atoms with Crippen LogP contribution in [0.1, 0.15) is 32.1 Å². The zero-order valence-corrected chi connectivity index (χ0v) is 6.21. The number of aliphatic hydroxyl groups is 1. The van der Waals surface area contributed by atoms with Crippen molar-refractivity contribution in [3.05, 3.63) is 12.2 Å². The summed E-state index contributed by atoms with van der Waals surface area (Å²) in [7, 11) is 0. The van der Waals surface area contributed by atoms with Crippen molar-refractivity contribution in [2.75, 3.05) is 0 Å². The normalized spacial score (nSPS) is 45.5. The summed E-state index contributed by atoms with van der Waals surface area (Å²) in [6.07, 6.45) is 9.97. The lowest BCUT2D eigenvalue weighted by atomic mass is 9.83. The lowest BCUT2D eigenvalue weighted by Crippen LogP contribution is -2.32. The quantitative estimate of drug-likeness (QED) is 0.507. The lowest BCUT2D eigenvalue weighted by molar-refractivity contribution is 0.0423. The van der Waals surface area contributed by atoms with Crippen molar-refractivity contribution in [3.63, 3.8) is 0 Å². The minimum absolute atomic E-state index is 0.391. The van der Waals surface area contributed by atoms with E-state index in [1.54, 1.807) is 0 Å². The van der Waals surface area contributed by atoms with Crippen LogP contribution in [0.25, 0.3) is 0 Å². The molecule has 10 heavy (non-hydrogen) atoms. The Labute approximate surface area is 61.8 Å². The first-order valence-electron chi connectivity index (χ1n) is 4.21. The molecule has 0 bridgehead atoms. The minimum atomic E-state index is -0.391. The van der Waals surface area contributed by atoms with Crippen LogP contribution in [0.3, 0.4) is 0 Å². The predicted molar refractivity (Wildman–Crippen MR) is 40.7 cm³/mol. The van der Waals surface area contributed by atoms with Crippen molar-refractivity contribution < 1.29 is 5.11 Å². The van der Waals surface area contributed by atoms with Gasteiger partial charge >= 0.3 is 0 Å². The molecule has 1 fully saturated rings. The molecule has 2 unspecified atom stereocenters. The zero-order valence-electron chi connectivity index (χ0n) is 6.21. The summed E-state index contributed by atoms with van der Waals surface area (Å²) in [6.45, 7) is 0. The van der Waals surface area contributed by atoms with Crippen LogP contribution < -0.4 is 0 Å². The molecule has 1 heteroatoms. The number of fused-ring (bicyclic) bond motifs is 1. The summed E-state index contributed by atoms with van der Waals surface area (Å²) in [5.41, 5.74) is -0.391. The van der Waals surface area contributed by atoms with Gasteiger partial charge in [-0.2, -0.15) is 0 Å². The molecule has 0 aromatic carbocycles. The summed E-state index contributed by atoms with van der Waals surface area (Å²) < 4.78 is 0. The molecule has 2 atom stereocenters. The first kappa shape index (κ1) is 6.41. The highest BCUT2D eigenvalue weighted by Gasteiger charge is 2.39. The van der Waals surface area contributed by atoms with Crippen LogP contribution in [0.2, 0.25) is 0 Å². The van der Waals surface area contributed by atoms with E-state index >= 15 is 0 Å². The number of hydrogen-bond acceptors (Lipinski definition) is 1. The summed E-state index contributed by atoms with van der Waals surface area (Å²) in [6, 6.07) is 0. The molecular formula is C9H14O. The van der Waals surface area contributed by atoms with Gasteiger partial charge in [-0.05, 0) is 38.0 Å². The Balaban J connectivity index is 2.23. The summed E-state index contributed by atoms with van der Waals surface area (Å²) in [4.78, 5) is 0. The molecule has 0 aromatic heterocycles. The smallest absolute Gasteiger partial charge is 0.0855 e. The van der Waals surface area contributed by atoms with E-state index in [1.165, 1.54) is 25.7 Å². The summed E-state index contributed by atoms with van der Waals surface area (Å²) >= 11 is 0. The van der Waals surface area contributed by atoms with Crippen molar-refractivity contribution >= 4 is 0 Å². The highest BCUT2D eigenvalue weighted by atomic mass is 16.3. The van der Waals surface area contributed by atoms with Crippen LogP contribution in [0, 0.1) is 5.92 Å². The molecule has 2 aliphatic rings. The van der Waals surface area contributed by atoms with Gasteiger partial charge in [-0.3, -0.25) is 0 Å². The molecule has 0 radical (unpaired) electrons. The maximum absolute atomic E-state index is 9.92. The van der Waals surface area contributed by atoms with Crippen molar-refractivity contribution in [1.29, 1.82) is 0 Å². The minimum Gasteiger partial charge on any atom is -0.386 e. The van der Waals surface area contributed by atoms with Gasteiger partial charge in [0, 0.05) is 0 Å². The van der Waals surface area contributed by atoms with Crippen LogP contribution in [0.4, 0.5) is 0 Å². The largest absolute Gasteiger partial charge is 0.386 e. The number of rotatable bonds is 0. The van der Waals surface area contributed by atoms with Gasteiger partial charge in [0.2, 0.25) is 0 Å². The van der Waals surface area contributed by atoms with Gasteiger partial charge in [-0.25, -0.2) is 0 Å². The molecular weight excluding hydrogens is 124 g/mol. The maximum Gasteiger partial charge on any atom is 0.0855 e. The van der Waals surface area contributed by atoms with Crippen molar-refractivity contribution in [3.8, 4) is 0 Å². The first-order chi connectivity index (χ1) is 4.81. The standard InChI is InChI=1S/C9H14O/c10-9-6-2-1-4-8(9)5-3-7-9/h2,6,8,10H,1,3-5,7H2. The van der Waals surface area contributed by atoms with Gasteiger partial charge in [-0.1, -0.05) is 12.2 Å². The molecule has 0 saturated heterocycles. The van der Waals surface area contributed by atoms with Crippen molar-refractivity contribution in [1.82, 2.24) is 0 Å². The van der Waals surface area contributed by atoms with Crippen molar-refractivity contribution in [2.24, 2.45) is 5.92 Å². The molecule has 1 nitrogen and oxygen atoms in total. The van der Waals surface area contributed by atoms with E-state index in [-0.39, 0.29) is 0 Å². The Morgan fingerprint density at radius 2 is 2.30 bits per heavy atom. The SMILES string of the molecule is OC12C=CCCC1CCC2. The Hall–Kier alpha value is -0.300. The molecule has 0 aliphatic heterocycles. The van der Waals surface area contributed by atoms with E-state index in [4.69, 9.17) is 0 Å². The highest BCUT2D eigenvalue weighted by molar-refractivity contribution is 5.11. The average Bonchev–Trinajstić information content (AvgIpc) is 2.29. The van der Waals surface area contributed by atoms with Crippen molar-refractivity contribution in [2.45, 2.75) is 37.7 Å². The van der Waals surface area contributed by atoms with Gasteiger partial charge in [0.25, 0.3) is 0 Å². The highest BCUT2D eigenvalue weighted by Crippen LogP contribution is 2.41. The molecule has 1 saturated carbocycles. The third-order valence-corrected chi connectivity index (χ3v) is 2.93. The molecule has 0 amide bonds. The second-order valence-corrected chi connectivity index (χ2v) is 3.56. The Morgan fingerprint density at radius 1 is 1.40 bits per heavy atom. The molecule has 1 N–H and O–H groups in total. The molecule has 0 heterocycles. The van der Waals surface area contributed by atoms with Gasteiger partial charge in [-0.15, -0.1) is 0 Å². The van der Waals surface area contributed by atoms with Crippen LogP contribution >= 0.6 is 0 Å². The van der Waals surface area contributed by atoms with E-state index in [0.29, 0.717) is 5.92 Å². The Kier molecular flexibility index (Phi) is 1.34. The fourth-order valence-electron chi connectivity index (χ4n) is 2.28. The van der Waals surface area contributed by atoms with Gasteiger partial charge in [0.1, 0.15) is 0 Å². The molecule has 0 aromatic rings. The van der Waals surface area contributed by atoms with Gasteiger partial charge in [0.05, 0.1) is 5.60 Å². The summed E-state index contributed by atoms with van der Waals surface area (Å²) in [5, 5.41) is 9.92. The predicted octanol–water partition coefficient (Wildman–Crippen LogP) is 1.87. The molecule has 0 spiro atoms. The maximum atomic E-state index is 9.92. The topological polar surface area (TPSA) is 20.2 Å². The van der Waals surface area contributed by atoms with Gasteiger partial charge in [0.15, 0.2) is 0 Å².